The maximum atomic E-state index is 13.7. The second kappa shape index (κ2) is 6.99. The Hall–Kier alpha value is -2.77. The summed E-state index contributed by atoms with van der Waals surface area (Å²) in [4.78, 5) is 23.1. The average Bonchev–Trinajstić information content (AvgIpc) is 2.88. The van der Waals surface area contributed by atoms with Crippen LogP contribution in [0.2, 0.25) is 0 Å². The van der Waals surface area contributed by atoms with Crippen LogP contribution in [0.4, 0.5) is 8.78 Å². The SMILES string of the molecule is CCOC(=O)c1nn(Cc2cc(F)ccc2F)c(OC)c1C=O. The molecule has 1 heterocycles. The molecule has 0 unspecified atom stereocenters. The van der Waals surface area contributed by atoms with E-state index in [-0.39, 0.29) is 35.9 Å². The van der Waals surface area contributed by atoms with E-state index in [1.807, 2.05) is 0 Å². The minimum Gasteiger partial charge on any atom is -0.481 e. The van der Waals surface area contributed by atoms with E-state index in [9.17, 15) is 18.4 Å². The number of hydrogen-bond acceptors (Lipinski definition) is 5. The van der Waals surface area contributed by atoms with E-state index in [2.05, 4.69) is 5.10 Å². The van der Waals surface area contributed by atoms with Crippen molar-refractivity contribution >= 4 is 12.3 Å². The van der Waals surface area contributed by atoms with Crippen LogP contribution in [0.15, 0.2) is 18.2 Å². The van der Waals surface area contributed by atoms with Gasteiger partial charge in [0.2, 0.25) is 5.88 Å². The normalized spacial score (nSPS) is 10.4. The molecule has 2 aromatic rings. The third-order valence-corrected chi connectivity index (χ3v) is 3.05. The number of esters is 1. The van der Waals surface area contributed by atoms with Crippen LogP contribution >= 0.6 is 0 Å². The molecule has 6 nitrogen and oxygen atoms in total. The van der Waals surface area contributed by atoms with Gasteiger partial charge >= 0.3 is 5.97 Å². The van der Waals surface area contributed by atoms with Crippen molar-refractivity contribution in [1.82, 2.24) is 9.78 Å². The summed E-state index contributed by atoms with van der Waals surface area (Å²) >= 11 is 0. The molecule has 0 aliphatic rings. The molecule has 0 atom stereocenters. The summed E-state index contributed by atoms with van der Waals surface area (Å²) in [5.41, 5.74) is -0.350. The molecule has 1 aromatic heterocycles. The van der Waals surface area contributed by atoms with Crippen molar-refractivity contribution in [3.63, 3.8) is 0 Å². The molecule has 0 aliphatic heterocycles. The van der Waals surface area contributed by atoms with E-state index in [0.29, 0.717) is 6.29 Å². The summed E-state index contributed by atoms with van der Waals surface area (Å²) in [7, 11) is 1.28. The summed E-state index contributed by atoms with van der Waals surface area (Å²) in [5.74, 6) is -2.10. The Balaban J connectivity index is 2.47. The highest BCUT2D eigenvalue weighted by atomic mass is 19.1. The van der Waals surface area contributed by atoms with E-state index < -0.39 is 17.6 Å². The van der Waals surface area contributed by atoms with Gasteiger partial charge in [0.05, 0.1) is 20.3 Å². The van der Waals surface area contributed by atoms with Crippen LogP contribution in [0, 0.1) is 11.6 Å². The van der Waals surface area contributed by atoms with Gasteiger partial charge in [0.15, 0.2) is 12.0 Å². The second-order valence-corrected chi connectivity index (χ2v) is 4.50. The van der Waals surface area contributed by atoms with Crippen LogP contribution in [0.5, 0.6) is 5.88 Å². The molecule has 8 heteroatoms. The lowest BCUT2D eigenvalue weighted by Crippen LogP contribution is -2.09. The van der Waals surface area contributed by atoms with E-state index in [4.69, 9.17) is 9.47 Å². The van der Waals surface area contributed by atoms with Crippen LogP contribution < -0.4 is 4.74 Å². The maximum absolute atomic E-state index is 13.7. The second-order valence-electron chi connectivity index (χ2n) is 4.50. The van der Waals surface area contributed by atoms with E-state index in [1.165, 1.54) is 7.11 Å². The zero-order valence-electron chi connectivity index (χ0n) is 12.5. The molecule has 23 heavy (non-hydrogen) atoms. The predicted molar refractivity (Wildman–Crippen MR) is 75.6 cm³/mol. The lowest BCUT2D eigenvalue weighted by atomic mass is 10.2. The lowest BCUT2D eigenvalue weighted by Gasteiger charge is -2.07. The number of nitrogens with zero attached hydrogens (tertiary/aromatic N) is 2. The van der Waals surface area contributed by atoms with E-state index in [0.717, 1.165) is 22.9 Å². The highest BCUT2D eigenvalue weighted by Gasteiger charge is 2.25. The number of rotatable bonds is 6. The van der Waals surface area contributed by atoms with Crippen LogP contribution in [0.1, 0.15) is 33.3 Å². The fraction of sp³-hybridized carbons (Fsp3) is 0.267. The Labute approximate surface area is 130 Å². The minimum atomic E-state index is -0.800. The fourth-order valence-electron chi connectivity index (χ4n) is 2.07. The summed E-state index contributed by atoms with van der Waals surface area (Å²) < 4.78 is 38.0. The summed E-state index contributed by atoms with van der Waals surface area (Å²) in [6.45, 7) is 1.49. The molecule has 0 N–H and O–H groups in total. The van der Waals surface area contributed by atoms with E-state index in [1.54, 1.807) is 6.92 Å². The quantitative estimate of drug-likeness (QED) is 0.602. The molecule has 0 radical (unpaired) electrons. The number of aldehydes is 1. The van der Waals surface area contributed by atoms with Gasteiger partial charge in [-0.25, -0.2) is 18.3 Å². The Morgan fingerprint density at radius 3 is 2.74 bits per heavy atom. The predicted octanol–water partition coefficient (Wildman–Crippen LogP) is 2.21. The van der Waals surface area contributed by atoms with Gasteiger partial charge in [-0.1, -0.05) is 0 Å². The van der Waals surface area contributed by atoms with Crippen LogP contribution in [-0.2, 0) is 11.3 Å². The monoisotopic (exact) mass is 324 g/mol. The smallest absolute Gasteiger partial charge is 0.359 e. The topological polar surface area (TPSA) is 70.4 Å². The van der Waals surface area contributed by atoms with Gasteiger partial charge in [0.1, 0.15) is 17.2 Å². The molecular formula is C15H14F2N2O4. The van der Waals surface area contributed by atoms with Crippen molar-refractivity contribution in [3.05, 3.63) is 46.7 Å². The van der Waals surface area contributed by atoms with Gasteiger partial charge in [-0.2, -0.15) is 5.10 Å². The highest BCUT2D eigenvalue weighted by molar-refractivity contribution is 5.98. The maximum Gasteiger partial charge on any atom is 0.359 e. The molecule has 1 aromatic carbocycles. The van der Waals surface area contributed by atoms with Crippen LogP contribution in [0.25, 0.3) is 0 Å². The first-order valence-corrected chi connectivity index (χ1v) is 6.72. The number of methoxy groups -OCH3 is 1. The number of halogens is 2. The standard InChI is InChI=1S/C15H14F2N2O4/c1-3-23-15(21)13-11(8-20)14(22-2)19(18-13)7-9-6-10(16)4-5-12(9)17/h4-6,8H,3,7H2,1-2H3. The van der Waals surface area contributed by atoms with Gasteiger partial charge in [-0.15, -0.1) is 0 Å². The van der Waals surface area contributed by atoms with Gasteiger partial charge in [-0.05, 0) is 25.1 Å². The van der Waals surface area contributed by atoms with E-state index >= 15 is 0 Å². The van der Waals surface area contributed by atoms with Gasteiger partial charge < -0.3 is 9.47 Å². The number of ether oxygens (including phenoxy) is 2. The minimum absolute atomic E-state index is 0.00124. The molecule has 122 valence electrons. The third kappa shape index (κ3) is 3.36. The molecule has 0 aliphatic carbocycles. The number of benzene rings is 1. The molecule has 2 rings (SSSR count). The fourth-order valence-corrected chi connectivity index (χ4v) is 2.07. The van der Waals surface area contributed by atoms with Crippen molar-refractivity contribution in [2.45, 2.75) is 13.5 Å². The largest absolute Gasteiger partial charge is 0.481 e. The first kappa shape index (κ1) is 16.6. The van der Waals surface area contributed by atoms with Gasteiger partial charge in [0.25, 0.3) is 0 Å². The summed E-state index contributed by atoms with van der Waals surface area (Å²) in [6.07, 6.45) is 0.399. The van der Waals surface area contributed by atoms with Crippen molar-refractivity contribution in [2.24, 2.45) is 0 Å². The molecule has 0 amide bonds. The number of hydrogen-bond donors (Lipinski definition) is 0. The lowest BCUT2D eigenvalue weighted by molar-refractivity contribution is 0.0516. The Bertz CT molecular complexity index is 743. The third-order valence-electron chi connectivity index (χ3n) is 3.05. The van der Waals surface area contributed by atoms with Crippen LogP contribution in [-0.4, -0.2) is 35.8 Å². The Kier molecular flexibility index (Phi) is 5.05. The van der Waals surface area contributed by atoms with Crippen molar-refractivity contribution in [1.29, 1.82) is 0 Å². The number of carbonyl (C=O) groups is 2. The van der Waals surface area contributed by atoms with Crippen molar-refractivity contribution in [3.8, 4) is 5.88 Å². The Morgan fingerprint density at radius 2 is 2.13 bits per heavy atom. The first-order valence-electron chi connectivity index (χ1n) is 6.72. The van der Waals surface area contributed by atoms with Crippen LogP contribution in [0.3, 0.4) is 0 Å². The van der Waals surface area contributed by atoms with Gasteiger partial charge in [-0.3, -0.25) is 4.79 Å². The molecule has 0 bridgehead atoms. The molecule has 0 saturated heterocycles. The van der Waals surface area contributed by atoms with Crippen molar-refractivity contribution < 1.29 is 27.8 Å². The number of aromatic nitrogens is 2. The molecular weight excluding hydrogens is 310 g/mol. The summed E-state index contributed by atoms with van der Waals surface area (Å²) in [6, 6.07) is 2.97. The Morgan fingerprint density at radius 1 is 1.39 bits per heavy atom. The number of carbonyl (C=O) groups excluding carboxylic acids is 2. The zero-order valence-corrected chi connectivity index (χ0v) is 12.5. The molecule has 0 fully saturated rings. The summed E-state index contributed by atoms with van der Waals surface area (Å²) in [5, 5.41) is 3.93. The first-order chi connectivity index (χ1) is 11.0. The zero-order chi connectivity index (χ0) is 17.0. The van der Waals surface area contributed by atoms with Crippen molar-refractivity contribution in [2.75, 3.05) is 13.7 Å². The molecule has 0 saturated carbocycles. The molecule has 0 spiro atoms. The van der Waals surface area contributed by atoms with Gasteiger partial charge in [0, 0.05) is 5.56 Å². The highest BCUT2D eigenvalue weighted by Crippen LogP contribution is 2.23. The average molecular weight is 324 g/mol.